The minimum Gasteiger partial charge on any atom is -0.369 e. The van der Waals surface area contributed by atoms with E-state index in [1.165, 1.54) is 12.8 Å². The van der Waals surface area contributed by atoms with Gasteiger partial charge in [-0.3, -0.25) is 0 Å². The average molecular weight is 337 g/mol. The summed E-state index contributed by atoms with van der Waals surface area (Å²) in [5.74, 6) is 2.85. The predicted molar refractivity (Wildman–Crippen MR) is 80.8 cm³/mol. The zero-order valence-corrected chi connectivity index (χ0v) is 13.4. The Morgan fingerprint density at radius 1 is 1.30 bits per heavy atom. The zero-order valence-electron chi connectivity index (χ0n) is 11.8. The lowest BCUT2D eigenvalue weighted by Gasteiger charge is -2.11. The largest absolute Gasteiger partial charge is 0.369 e. The predicted octanol–water partition coefficient (Wildman–Crippen LogP) is 3.82. The quantitative estimate of drug-likeness (QED) is 0.919. The molecular formula is C14H17BrN4O. The number of aromatic nitrogens is 3. The van der Waals surface area contributed by atoms with Crippen LogP contribution in [0.1, 0.15) is 42.8 Å². The van der Waals surface area contributed by atoms with Gasteiger partial charge in [0, 0.05) is 12.5 Å². The summed E-state index contributed by atoms with van der Waals surface area (Å²) in [6.45, 7) is 6.69. The lowest BCUT2D eigenvalue weighted by atomic mass is 10.1. The van der Waals surface area contributed by atoms with Crippen LogP contribution in [0.2, 0.25) is 0 Å². The normalized spacial score (nSPS) is 14.6. The maximum atomic E-state index is 5.23. The summed E-state index contributed by atoms with van der Waals surface area (Å²) in [6, 6.07) is 0. The molecule has 0 aromatic carbocycles. The van der Waals surface area contributed by atoms with Crippen molar-refractivity contribution in [1.82, 2.24) is 15.1 Å². The first kappa shape index (κ1) is 13.5. The van der Waals surface area contributed by atoms with E-state index in [0.29, 0.717) is 11.7 Å². The summed E-state index contributed by atoms with van der Waals surface area (Å²) < 4.78 is 6.22. The van der Waals surface area contributed by atoms with Gasteiger partial charge in [-0.25, -0.2) is 9.97 Å². The van der Waals surface area contributed by atoms with Gasteiger partial charge in [0.15, 0.2) is 5.82 Å². The smallest absolute Gasteiger partial charge is 0.167 e. The second kappa shape index (κ2) is 5.16. The van der Waals surface area contributed by atoms with Crippen molar-refractivity contribution in [1.29, 1.82) is 0 Å². The highest BCUT2D eigenvalue weighted by Gasteiger charge is 2.30. The summed E-state index contributed by atoms with van der Waals surface area (Å²) in [6.07, 6.45) is 2.39. The van der Waals surface area contributed by atoms with Gasteiger partial charge < -0.3 is 9.84 Å². The van der Waals surface area contributed by atoms with Crippen LogP contribution >= 0.6 is 15.9 Å². The third-order valence-electron chi connectivity index (χ3n) is 3.44. The van der Waals surface area contributed by atoms with Crippen molar-refractivity contribution >= 4 is 21.7 Å². The van der Waals surface area contributed by atoms with Crippen LogP contribution in [0.25, 0.3) is 11.4 Å². The van der Waals surface area contributed by atoms with Gasteiger partial charge in [0.2, 0.25) is 0 Å². The lowest BCUT2D eigenvalue weighted by Crippen LogP contribution is -2.06. The molecular weight excluding hydrogens is 320 g/mol. The minimum absolute atomic E-state index is 0.545. The molecule has 5 nitrogen and oxygen atoms in total. The molecule has 0 bridgehead atoms. The van der Waals surface area contributed by atoms with Crippen LogP contribution in [0.15, 0.2) is 9.00 Å². The second-order valence-electron chi connectivity index (χ2n) is 5.10. The fraction of sp³-hybridized carbons (Fsp3) is 0.500. The van der Waals surface area contributed by atoms with Crippen LogP contribution in [0.5, 0.6) is 0 Å². The monoisotopic (exact) mass is 336 g/mol. The lowest BCUT2D eigenvalue weighted by molar-refractivity contribution is 0.393. The Hall–Kier alpha value is -1.43. The molecule has 0 saturated heterocycles. The maximum absolute atomic E-state index is 5.23. The van der Waals surface area contributed by atoms with Gasteiger partial charge in [0.25, 0.3) is 0 Å². The minimum atomic E-state index is 0.545. The Labute approximate surface area is 126 Å². The highest BCUT2D eigenvalue weighted by Crippen LogP contribution is 2.44. The maximum Gasteiger partial charge on any atom is 0.167 e. The molecule has 0 amide bonds. The number of nitrogens with zero attached hydrogens (tertiary/aromatic N) is 3. The van der Waals surface area contributed by atoms with Crippen LogP contribution in [0, 0.1) is 13.8 Å². The topological polar surface area (TPSA) is 63.8 Å². The first-order chi connectivity index (χ1) is 9.61. The van der Waals surface area contributed by atoms with Crippen molar-refractivity contribution in [3.05, 3.63) is 21.6 Å². The van der Waals surface area contributed by atoms with E-state index in [4.69, 9.17) is 9.51 Å². The summed E-state index contributed by atoms with van der Waals surface area (Å²) in [4.78, 5) is 9.37. The molecule has 0 spiro atoms. The van der Waals surface area contributed by atoms with Crippen molar-refractivity contribution in [2.75, 3.05) is 11.9 Å². The number of rotatable bonds is 4. The van der Waals surface area contributed by atoms with E-state index in [0.717, 1.165) is 39.5 Å². The van der Waals surface area contributed by atoms with E-state index in [1.807, 2.05) is 13.8 Å². The fourth-order valence-corrected chi connectivity index (χ4v) is 2.93. The Balaban J connectivity index is 2.15. The average Bonchev–Trinajstić information content (AvgIpc) is 3.19. The molecule has 0 radical (unpaired) electrons. The number of halogens is 1. The van der Waals surface area contributed by atoms with Gasteiger partial charge in [0.05, 0.1) is 21.4 Å². The SMILES string of the molecule is CCNc1nc(-c2c(C)noc2C)nc(C2CC2)c1Br. The standard InChI is InChI=1S/C14H17BrN4O/c1-4-16-14-11(15)12(9-5-6-9)17-13(18-14)10-7(2)19-20-8(10)3/h9H,4-6H2,1-3H3,(H,16,17,18). The Morgan fingerprint density at radius 2 is 2.05 bits per heavy atom. The van der Waals surface area contributed by atoms with Crippen LogP contribution in [-0.4, -0.2) is 21.7 Å². The summed E-state index contributed by atoms with van der Waals surface area (Å²) in [5, 5.41) is 7.28. The van der Waals surface area contributed by atoms with Gasteiger partial charge >= 0.3 is 0 Å². The molecule has 20 heavy (non-hydrogen) atoms. The van der Waals surface area contributed by atoms with Gasteiger partial charge in [-0.05, 0) is 49.5 Å². The van der Waals surface area contributed by atoms with Crippen molar-refractivity contribution < 1.29 is 4.52 Å². The van der Waals surface area contributed by atoms with Crippen LogP contribution in [-0.2, 0) is 0 Å². The van der Waals surface area contributed by atoms with Crippen LogP contribution < -0.4 is 5.32 Å². The molecule has 3 rings (SSSR count). The van der Waals surface area contributed by atoms with Gasteiger partial charge in [-0.1, -0.05) is 5.16 Å². The second-order valence-corrected chi connectivity index (χ2v) is 5.89. The molecule has 0 unspecified atom stereocenters. The molecule has 2 aromatic rings. The Bertz CT molecular complexity index is 629. The number of hydrogen-bond acceptors (Lipinski definition) is 5. The summed E-state index contributed by atoms with van der Waals surface area (Å²) in [7, 11) is 0. The Kier molecular flexibility index (Phi) is 3.50. The van der Waals surface area contributed by atoms with E-state index in [9.17, 15) is 0 Å². The first-order valence-electron chi connectivity index (χ1n) is 6.86. The van der Waals surface area contributed by atoms with Crippen molar-refractivity contribution in [3.63, 3.8) is 0 Å². The van der Waals surface area contributed by atoms with Crippen molar-refractivity contribution in [2.45, 2.75) is 39.5 Å². The molecule has 1 aliphatic carbocycles. The molecule has 1 saturated carbocycles. The van der Waals surface area contributed by atoms with E-state index >= 15 is 0 Å². The third-order valence-corrected chi connectivity index (χ3v) is 4.22. The molecule has 1 N–H and O–H groups in total. The zero-order chi connectivity index (χ0) is 14.3. The van der Waals surface area contributed by atoms with Crippen LogP contribution in [0.3, 0.4) is 0 Å². The molecule has 106 valence electrons. The highest BCUT2D eigenvalue weighted by molar-refractivity contribution is 9.10. The molecule has 0 atom stereocenters. The number of anilines is 1. The molecule has 0 aliphatic heterocycles. The van der Waals surface area contributed by atoms with E-state index in [2.05, 4.69) is 38.3 Å². The molecule has 2 heterocycles. The van der Waals surface area contributed by atoms with E-state index in [1.54, 1.807) is 0 Å². The van der Waals surface area contributed by atoms with E-state index < -0.39 is 0 Å². The third kappa shape index (κ3) is 2.32. The van der Waals surface area contributed by atoms with Crippen molar-refractivity contribution in [2.24, 2.45) is 0 Å². The number of hydrogen-bond donors (Lipinski definition) is 1. The van der Waals surface area contributed by atoms with Gasteiger partial charge in [-0.15, -0.1) is 0 Å². The Morgan fingerprint density at radius 3 is 2.60 bits per heavy atom. The number of aryl methyl sites for hydroxylation is 2. The first-order valence-corrected chi connectivity index (χ1v) is 7.65. The molecule has 1 fully saturated rings. The number of nitrogens with one attached hydrogen (secondary N) is 1. The molecule has 6 heteroatoms. The fourth-order valence-electron chi connectivity index (χ4n) is 2.29. The van der Waals surface area contributed by atoms with Crippen LogP contribution in [0.4, 0.5) is 5.82 Å². The summed E-state index contributed by atoms with van der Waals surface area (Å²) >= 11 is 3.63. The highest BCUT2D eigenvalue weighted by atomic mass is 79.9. The summed E-state index contributed by atoms with van der Waals surface area (Å²) in [5.41, 5.74) is 2.82. The molecule has 2 aromatic heterocycles. The van der Waals surface area contributed by atoms with Gasteiger partial charge in [-0.2, -0.15) is 0 Å². The van der Waals surface area contributed by atoms with Crippen molar-refractivity contribution in [3.8, 4) is 11.4 Å². The van der Waals surface area contributed by atoms with Gasteiger partial charge in [0.1, 0.15) is 11.6 Å². The van der Waals surface area contributed by atoms with E-state index in [-0.39, 0.29) is 0 Å². The molecule has 1 aliphatic rings.